The van der Waals surface area contributed by atoms with Crippen LogP contribution in [0.4, 0.5) is 0 Å². The molecule has 27 heavy (non-hydrogen) atoms. The molecule has 0 radical (unpaired) electrons. The summed E-state index contributed by atoms with van der Waals surface area (Å²) in [6.45, 7) is 0. The Hall–Kier alpha value is -2.06. The summed E-state index contributed by atoms with van der Waals surface area (Å²) in [5.74, 6) is -0.350. The Morgan fingerprint density at radius 3 is 2.59 bits per heavy atom. The molecule has 9 heteroatoms. The van der Waals surface area contributed by atoms with Crippen LogP contribution in [0.2, 0.25) is 10.0 Å². The highest BCUT2D eigenvalue weighted by molar-refractivity contribution is 8.26. The number of carbonyl (C=O) groups excluding carboxylic acids is 2. The quantitative estimate of drug-likeness (QED) is 0.322. The summed E-state index contributed by atoms with van der Waals surface area (Å²) in [6, 6.07) is 9.40. The molecular weight excluding hydrogens is 429 g/mol. The monoisotopic (exact) mass is 439 g/mol. The molecule has 5 nitrogen and oxygen atoms in total. The summed E-state index contributed by atoms with van der Waals surface area (Å²) < 4.78 is 11.1. The molecule has 2 aromatic rings. The SMILES string of the molecule is COc1cc(/C=C2/SC(=S)NC2=O)ccc1OC(=O)c1ccc(Cl)cc1Cl. The molecule has 0 aromatic heterocycles. The molecule has 0 bridgehead atoms. The first-order valence-electron chi connectivity index (χ1n) is 7.47. The zero-order valence-electron chi connectivity index (χ0n) is 13.7. The molecule has 0 aliphatic carbocycles. The number of benzene rings is 2. The number of amides is 1. The molecule has 1 aliphatic heterocycles. The van der Waals surface area contributed by atoms with Crippen LogP contribution in [0, 0.1) is 0 Å². The second-order valence-corrected chi connectivity index (χ2v) is 7.84. The fourth-order valence-electron chi connectivity index (χ4n) is 2.24. The van der Waals surface area contributed by atoms with Crippen LogP contribution >= 0.6 is 47.2 Å². The Kier molecular flexibility index (Phi) is 6.06. The second-order valence-electron chi connectivity index (χ2n) is 5.28. The topological polar surface area (TPSA) is 64.6 Å². The van der Waals surface area contributed by atoms with Gasteiger partial charge in [-0.2, -0.15) is 0 Å². The Morgan fingerprint density at radius 1 is 1.19 bits per heavy atom. The zero-order valence-corrected chi connectivity index (χ0v) is 16.9. The van der Waals surface area contributed by atoms with Crippen LogP contribution < -0.4 is 14.8 Å². The second kappa shape index (κ2) is 8.31. The van der Waals surface area contributed by atoms with Crippen LogP contribution in [0.25, 0.3) is 6.08 Å². The van der Waals surface area contributed by atoms with Gasteiger partial charge in [-0.15, -0.1) is 0 Å². The van der Waals surface area contributed by atoms with E-state index in [1.54, 1.807) is 30.3 Å². The summed E-state index contributed by atoms with van der Waals surface area (Å²) in [5.41, 5.74) is 0.875. The molecule has 3 rings (SSSR count). The average Bonchev–Trinajstić information content (AvgIpc) is 2.93. The number of hydrogen-bond donors (Lipinski definition) is 1. The van der Waals surface area contributed by atoms with E-state index in [1.807, 2.05) is 0 Å². The Morgan fingerprint density at radius 2 is 1.96 bits per heavy atom. The van der Waals surface area contributed by atoms with Crippen LogP contribution in [0.1, 0.15) is 15.9 Å². The van der Waals surface area contributed by atoms with Crippen LogP contribution in [-0.4, -0.2) is 23.3 Å². The standard InChI is InChI=1S/C18H11Cl2NO4S2/c1-24-14-6-9(7-15-16(22)21-18(26)27-15)2-5-13(14)25-17(23)11-4-3-10(19)8-12(11)20/h2-8H,1H3,(H,21,22,26)/b15-7+. The predicted molar refractivity (Wildman–Crippen MR) is 111 cm³/mol. The van der Waals surface area contributed by atoms with E-state index in [2.05, 4.69) is 5.32 Å². The highest BCUT2D eigenvalue weighted by atomic mass is 35.5. The van der Waals surface area contributed by atoms with E-state index >= 15 is 0 Å². The van der Waals surface area contributed by atoms with Gasteiger partial charge in [-0.25, -0.2) is 4.79 Å². The van der Waals surface area contributed by atoms with E-state index in [4.69, 9.17) is 44.9 Å². The van der Waals surface area contributed by atoms with E-state index in [1.165, 1.54) is 31.0 Å². The number of nitrogens with one attached hydrogen (secondary N) is 1. The average molecular weight is 440 g/mol. The molecule has 1 fully saturated rings. The van der Waals surface area contributed by atoms with Gasteiger partial charge in [0.15, 0.2) is 11.5 Å². The zero-order chi connectivity index (χ0) is 19.6. The van der Waals surface area contributed by atoms with Crippen molar-refractivity contribution >= 4 is 69.5 Å². The Balaban J connectivity index is 1.84. The van der Waals surface area contributed by atoms with E-state index in [0.717, 1.165) is 0 Å². The Labute approximate surface area is 174 Å². The number of methoxy groups -OCH3 is 1. The lowest BCUT2D eigenvalue weighted by atomic mass is 10.1. The van der Waals surface area contributed by atoms with E-state index in [-0.39, 0.29) is 22.2 Å². The van der Waals surface area contributed by atoms with Crippen LogP contribution in [0.3, 0.4) is 0 Å². The normalized spacial score (nSPS) is 15.0. The number of thiocarbonyl (C=S) groups is 1. The van der Waals surface area contributed by atoms with Crippen molar-refractivity contribution in [3.63, 3.8) is 0 Å². The number of carbonyl (C=O) groups is 2. The smallest absolute Gasteiger partial charge is 0.345 e. The van der Waals surface area contributed by atoms with Gasteiger partial charge in [-0.1, -0.05) is 53.2 Å². The summed E-state index contributed by atoms with van der Waals surface area (Å²) >= 11 is 18.0. The largest absolute Gasteiger partial charge is 0.493 e. The number of rotatable bonds is 4. The minimum Gasteiger partial charge on any atom is -0.493 e. The molecular formula is C18H11Cl2NO4S2. The van der Waals surface area contributed by atoms with Gasteiger partial charge in [0.2, 0.25) is 0 Å². The molecule has 1 N–H and O–H groups in total. The third kappa shape index (κ3) is 4.62. The van der Waals surface area contributed by atoms with Crippen LogP contribution in [0.5, 0.6) is 11.5 Å². The molecule has 138 valence electrons. The number of esters is 1. The summed E-state index contributed by atoms with van der Waals surface area (Å²) in [6.07, 6.45) is 1.67. The predicted octanol–water partition coefficient (Wildman–Crippen LogP) is 4.71. The van der Waals surface area contributed by atoms with Crippen molar-refractivity contribution in [2.24, 2.45) is 0 Å². The molecule has 1 saturated heterocycles. The molecule has 0 spiro atoms. The maximum absolute atomic E-state index is 12.4. The molecule has 1 heterocycles. The van der Waals surface area contributed by atoms with Crippen molar-refractivity contribution in [2.75, 3.05) is 7.11 Å². The third-order valence-electron chi connectivity index (χ3n) is 3.48. The highest BCUT2D eigenvalue weighted by Crippen LogP contribution is 2.32. The molecule has 0 unspecified atom stereocenters. The molecule has 2 aromatic carbocycles. The lowest BCUT2D eigenvalue weighted by Gasteiger charge is -2.11. The van der Waals surface area contributed by atoms with Crippen molar-refractivity contribution in [1.82, 2.24) is 5.32 Å². The van der Waals surface area contributed by atoms with E-state index in [0.29, 0.717) is 25.6 Å². The van der Waals surface area contributed by atoms with E-state index < -0.39 is 5.97 Å². The summed E-state index contributed by atoms with van der Waals surface area (Å²) in [4.78, 5) is 24.6. The first-order chi connectivity index (χ1) is 12.9. The minimum atomic E-state index is -0.642. The lowest BCUT2D eigenvalue weighted by Crippen LogP contribution is -2.17. The maximum Gasteiger partial charge on any atom is 0.345 e. The lowest BCUT2D eigenvalue weighted by molar-refractivity contribution is -0.115. The van der Waals surface area contributed by atoms with Gasteiger partial charge in [-0.3, -0.25) is 4.79 Å². The number of hydrogen-bond acceptors (Lipinski definition) is 6. The van der Waals surface area contributed by atoms with Crippen molar-refractivity contribution in [3.8, 4) is 11.5 Å². The van der Waals surface area contributed by atoms with Gasteiger partial charge >= 0.3 is 5.97 Å². The van der Waals surface area contributed by atoms with E-state index in [9.17, 15) is 9.59 Å². The van der Waals surface area contributed by atoms with Crippen LogP contribution in [0.15, 0.2) is 41.3 Å². The van der Waals surface area contributed by atoms with Gasteiger partial charge < -0.3 is 14.8 Å². The van der Waals surface area contributed by atoms with Crippen molar-refractivity contribution in [3.05, 3.63) is 62.5 Å². The van der Waals surface area contributed by atoms with Gasteiger partial charge in [-0.05, 0) is 42.0 Å². The minimum absolute atomic E-state index is 0.182. The van der Waals surface area contributed by atoms with Crippen molar-refractivity contribution in [2.45, 2.75) is 0 Å². The third-order valence-corrected chi connectivity index (χ3v) is 5.19. The fraction of sp³-hybridized carbons (Fsp3) is 0.0556. The van der Waals surface area contributed by atoms with Gasteiger partial charge in [0.05, 0.1) is 22.6 Å². The highest BCUT2D eigenvalue weighted by Gasteiger charge is 2.22. The number of ether oxygens (including phenoxy) is 2. The van der Waals surface area contributed by atoms with Gasteiger partial charge in [0.1, 0.15) is 4.32 Å². The van der Waals surface area contributed by atoms with Gasteiger partial charge in [0.25, 0.3) is 5.91 Å². The van der Waals surface area contributed by atoms with Crippen LogP contribution in [-0.2, 0) is 4.79 Å². The number of thioether (sulfide) groups is 1. The molecule has 1 amide bonds. The molecule has 0 saturated carbocycles. The van der Waals surface area contributed by atoms with Crippen molar-refractivity contribution in [1.29, 1.82) is 0 Å². The maximum atomic E-state index is 12.4. The number of halogens is 2. The first-order valence-corrected chi connectivity index (χ1v) is 9.45. The first kappa shape index (κ1) is 19.7. The fourth-order valence-corrected chi connectivity index (χ4v) is 3.77. The summed E-state index contributed by atoms with van der Waals surface area (Å²) in [7, 11) is 1.45. The molecule has 0 atom stereocenters. The Bertz CT molecular complexity index is 991. The molecule has 1 aliphatic rings. The van der Waals surface area contributed by atoms with Gasteiger partial charge in [0, 0.05) is 5.02 Å². The van der Waals surface area contributed by atoms with Crippen molar-refractivity contribution < 1.29 is 19.1 Å². The summed E-state index contributed by atoms with van der Waals surface area (Å²) in [5, 5.41) is 3.15.